The average Bonchev–Trinajstić information content (AvgIpc) is 2.79. The molecule has 3 aromatic carbocycles. The number of nitrogens with one attached hydrogen (secondary N) is 1. The fraction of sp³-hybridized carbons (Fsp3) is 0.120. The summed E-state index contributed by atoms with van der Waals surface area (Å²) in [4.78, 5) is 19.5. The van der Waals surface area contributed by atoms with Gasteiger partial charge in [-0.1, -0.05) is 60.1 Å². The van der Waals surface area contributed by atoms with Gasteiger partial charge < -0.3 is 14.5 Å². The van der Waals surface area contributed by atoms with Gasteiger partial charge in [0.05, 0.1) is 22.5 Å². The standard InChI is InChI=1S/C25H21ClN2O3/c1-2-30-23-15-18(12-13-22(23)31-16-17-8-4-3-5-9-17)14-20(26)24-27-21-11-7-6-10-19(21)25(29)28-24/h3-15H,2,16H2,1H3,(H,27,28,29)/b20-14-. The Labute approximate surface area is 184 Å². The van der Waals surface area contributed by atoms with E-state index in [9.17, 15) is 4.79 Å². The van der Waals surface area contributed by atoms with Crippen molar-refractivity contribution in [2.75, 3.05) is 6.61 Å². The van der Waals surface area contributed by atoms with E-state index in [-0.39, 0.29) is 5.56 Å². The molecule has 0 amide bonds. The van der Waals surface area contributed by atoms with Crippen molar-refractivity contribution >= 4 is 33.6 Å². The molecule has 0 aliphatic rings. The van der Waals surface area contributed by atoms with Crippen molar-refractivity contribution in [3.05, 3.63) is 100 Å². The van der Waals surface area contributed by atoms with Gasteiger partial charge in [0.1, 0.15) is 6.61 Å². The largest absolute Gasteiger partial charge is 0.490 e. The molecule has 6 heteroatoms. The number of hydrogen-bond acceptors (Lipinski definition) is 4. The van der Waals surface area contributed by atoms with Gasteiger partial charge in [-0.25, -0.2) is 4.98 Å². The normalized spacial score (nSPS) is 11.5. The minimum atomic E-state index is -0.230. The average molecular weight is 433 g/mol. The quantitative estimate of drug-likeness (QED) is 0.410. The first kappa shape index (κ1) is 20.7. The molecule has 4 aromatic rings. The van der Waals surface area contributed by atoms with Crippen LogP contribution in [0, 0.1) is 0 Å². The van der Waals surface area contributed by atoms with Crippen LogP contribution in [0.15, 0.2) is 77.6 Å². The highest BCUT2D eigenvalue weighted by molar-refractivity contribution is 6.50. The van der Waals surface area contributed by atoms with Crippen LogP contribution >= 0.6 is 11.6 Å². The van der Waals surface area contributed by atoms with Gasteiger partial charge in [0.25, 0.3) is 5.56 Å². The van der Waals surface area contributed by atoms with Crippen molar-refractivity contribution in [1.82, 2.24) is 9.97 Å². The minimum Gasteiger partial charge on any atom is -0.490 e. The van der Waals surface area contributed by atoms with E-state index >= 15 is 0 Å². The maximum absolute atomic E-state index is 12.3. The zero-order valence-corrected chi connectivity index (χ0v) is 17.7. The third-order valence-corrected chi connectivity index (χ3v) is 4.93. The Morgan fingerprint density at radius 3 is 2.58 bits per heavy atom. The van der Waals surface area contributed by atoms with E-state index in [1.165, 1.54) is 0 Å². The number of para-hydroxylation sites is 1. The fourth-order valence-corrected chi connectivity index (χ4v) is 3.37. The molecular formula is C25H21ClN2O3. The van der Waals surface area contributed by atoms with Gasteiger partial charge in [0, 0.05) is 0 Å². The molecule has 0 aliphatic heterocycles. The van der Waals surface area contributed by atoms with Crippen molar-refractivity contribution in [3.8, 4) is 11.5 Å². The number of hydrogen-bond donors (Lipinski definition) is 1. The highest BCUT2D eigenvalue weighted by Gasteiger charge is 2.09. The van der Waals surface area contributed by atoms with Crippen LogP contribution in [0.1, 0.15) is 23.9 Å². The first-order chi connectivity index (χ1) is 15.1. The van der Waals surface area contributed by atoms with Gasteiger partial charge in [-0.3, -0.25) is 4.79 Å². The highest BCUT2D eigenvalue weighted by atomic mass is 35.5. The second-order valence-corrected chi connectivity index (χ2v) is 7.24. The Morgan fingerprint density at radius 2 is 1.77 bits per heavy atom. The molecule has 4 rings (SSSR count). The van der Waals surface area contributed by atoms with Crippen LogP contribution in [0.4, 0.5) is 0 Å². The fourth-order valence-electron chi connectivity index (χ4n) is 3.15. The lowest BCUT2D eigenvalue weighted by atomic mass is 10.1. The molecule has 0 fully saturated rings. The molecule has 0 unspecified atom stereocenters. The number of fused-ring (bicyclic) bond motifs is 1. The summed E-state index contributed by atoms with van der Waals surface area (Å²) in [5.74, 6) is 1.58. The SMILES string of the molecule is CCOc1cc(/C=C(\Cl)c2nc3ccccc3c(=O)[nH]2)ccc1OCc1ccccc1. The Morgan fingerprint density at radius 1 is 1.00 bits per heavy atom. The Bertz CT molecular complexity index is 1280. The maximum Gasteiger partial charge on any atom is 0.259 e. The van der Waals surface area contributed by atoms with E-state index in [0.29, 0.717) is 46.5 Å². The minimum absolute atomic E-state index is 0.230. The van der Waals surface area contributed by atoms with Crippen LogP contribution in [0.3, 0.4) is 0 Å². The van der Waals surface area contributed by atoms with Crippen LogP contribution < -0.4 is 15.0 Å². The molecule has 5 nitrogen and oxygen atoms in total. The summed E-state index contributed by atoms with van der Waals surface area (Å²) in [5, 5.41) is 0.845. The lowest BCUT2D eigenvalue weighted by Crippen LogP contribution is -2.10. The molecule has 1 N–H and O–H groups in total. The number of nitrogens with zero attached hydrogens (tertiary/aromatic N) is 1. The van der Waals surface area contributed by atoms with E-state index < -0.39 is 0 Å². The lowest BCUT2D eigenvalue weighted by molar-refractivity contribution is 0.269. The van der Waals surface area contributed by atoms with Gasteiger partial charge in [-0.15, -0.1) is 0 Å². The zero-order chi connectivity index (χ0) is 21.6. The zero-order valence-electron chi connectivity index (χ0n) is 17.0. The van der Waals surface area contributed by atoms with E-state index in [4.69, 9.17) is 21.1 Å². The number of rotatable bonds is 7. The molecule has 31 heavy (non-hydrogen) atoms. The molecule has 0 bridgehead atoms. The van der Waals surface area contributed by atoms with Crippen molar-refractivity contribution in [2.45, 2.75) is 13.5 Å². The summed E-state index contributed by atoms with van der Waals surface area (Å²) < 4.78 is 11.7. The molecule has 0 aliphatic carbocycles. The van der Waals surface area contributed by atoms with Crippen LogP contribution in [0.25, 0.3) is 22.0 Å². The number of benzene rings is 3. The number of ether oxygens (including phenoxy) is 2. The first-order valence-electron chi connectivity index (χ1n) is 9.94. The Kier molecular flexibility index (Phi) is 6.34. The third kappa shape index (κ3) is 4.95. The summed E-state index contributed by atoms with van der Waals surface area (Å²) in [5.41, 5.74) is 2.24. The monoisotopic (exact) mass is 432 g/mol. The first-order valence-corrected chi connectivity index (χ1v) is 10.3. The summed E-state index contributed by atoms with van der Waals surface area (Å²) in [6.45, 7) is 2.86. The van der Waals surface area contributed by atoms with Gasteiger partial charge >= 0.3 is 0 Å². The summed E-state index contributed by atoms with van der Waals surface area (Å²) in [7, 11) is 0. The number of aromatic nitrogens is 2. The second-order valence-electron chi connectivity index (χ2n) is 6.84. The van der Waals surface area contributed by atoms with Gasteiger partial charge in [-0.2, -0.15) is 0 Å². The smallest absolute Gasteiger partial charge is 0.259 e. The Hall–Kier alpha value is -3.57. The lowest BCUT2D eigenvalue weighted by Gasteiger charge is -2.13. The van der Waals surface area contributed by atoms with Crippen molar-refractivity contribution in [2.24, 2.45) is 0 Å². The van der Waals surface area contributed by atoms with E-state index in [1.54, 1.807) is 24.3 Å². The third-order valence-electron chi connectivity index (χ3n) is 4.64. The van der Waals surface area contributed by atoms with Crippen LogP contribution in [0.2, 0.25) is 0 Å². The van der Waals surface area contributed by atoms with Crippen molar-refractivity contribution in [3.63, 3.8) is 0 Å². The predicted octanol–water partition coefficient (Wildman–Crippen LogP) is 5.64. The molecule has 0 saturated carbocycles. The van der Waals surface area contributed by atoms with Crippen LogP contribution in [-0.4, -0.2) is 16.6 Å². The van der Waals surface area contributed by atoms with Crippen molar-refractivity contribution in [1.29, 1.82) is 0 Å². The van der Waals surface area contributed by atoms with Crippen molar-refractivity contribution < 1.29 is 9.47 Å². The molecule has 0 spiro atoms. The predicted molar refractivity (Wildman–Crippen MR) is 124 cm³/mol. The summed E-state index contributed by atoms with van der Waals surface area (Å²) in [6, 6.07) is 22.7. The van der Waals surface area contributed by atoms with Crippen LogP contribution in [0.5, 0.6) is 11.5 Å². The van der Waals surface area contributed by atoms with E-state index in [2.05, 4.69) is 9.97 Å². The van der Waals surface area contributed by atoms with Crippen LogP contribution in [-0.2, 0) is 6.61 Å². The summed E-state index contributed by atoms with van der Waals surface area (Å²) >= 11 is 6.48. The second kappa shape index (κ2) is 9.49. The number of halogens is 1. The molecule has 1 heterocycles. The molecular weight excluding hydrogens is 412 g/mol. The molecule has 0 atom stereocenters. The highest BCUT2D eigenvalue weighted by Crippen LogP contribution is 2.31. The van der Waals surface area contributed by atoms with E-state index in [0.717, 1.165) is 11.1 Å². The topological polar surface area (TPSA) is 64.2 Å². The molecule has 1 aromatic heterocycles. The summed E-state index contributed by atoms with van der Waals surface area (Å²) in [6.07, 6.45) is 1.73. The molecule has 156 valence electrons. The van der Waals surface area contributed by atoms with Gasteiger partial charge in [0.2, 0.25) is 0 Å². The number of H-pyrrole nitrogens is 1. The van der Waals surface area contributed by atoms with Gasteiger partial charge in [-0.05, 0) is 48.4 Å². The Balaban J connectivity index is 1.61. The molecule has 0 saturated heterocycles. The van der Waals surface area contributed by atoms with Gasteiger partial charge in [0.15, 0.2) is 17.3 Å². The molecule has 0 radical (unpaired) electrons. The van der Waals surface area contributed by atoms with E-state index in [1.807, 2.05) is 61.5 Å². The number of aromatic amines is 1. The maximum atomic E-state index is 12.3.